The first-order chi connectivity index (χ1) is 10.1. The summed E-state index contributed by atoms with van der Waals surface area (Å²) in [5.41, 5.74) is 1.84. The molecule has 1 atom stereocenters. The van der Waals surface area contributed by atoms with Gasteiger partial charge in [0.05, 0.1) is 13.0 Å². The first kappa shape index (κ1) is 15.6. The Morgan fingerprint density at radius 3 is 2.57 bits per heavy atom. The van der Waals surface area contributed by atoms with Gasteiger partial charge in [0.1, 0.15) is 5.75 Å². The van der Waals surface area contributed by atoms with E-state index in [1.54, 1.807) is 7.11 Å². The van der Waals surface area contributed by atoms with Gasteiger partial charge in [-0.15, -0.1) is 0 Å². The van der Waals surface area contributed by atoms with Crippen LogP contribution in [0.4, 0.5) is 0 Å². The van der Waals surface area contributed by atoms with Crippen molar-refractivity contribution >= 4 is 21.9 Å². The van der Waals surface area contributed by atoms with E-state index in [2.05, 4.69) is 15.9 Å². The number of carbonyl (C=O) groups is 1. The number of rotatable bonds is 6. The molecule has 0 aromatic heterocycles. The van der Waals surface area contributed by atoms with Crippen molar-refractivity contribution in [1.29, 1.82) is 0 Å². The minimum Gasteiger partial charge on any atom is -0.496 e. The second-order valence-corrected chi connectivity index (χ2v) is 5.71. The van der Waals surface area contributed by atoms with Crippen molar-refractivity contribution in [2.75, 3.05) is 7.11 Å². The maximum atomic E-state index is 11.5. The summed E-state index contributed by atoms with van der Waals surface area (Å²) < 4.78 is 6.29. The largest absolute Gasteiger partial charge is 0.496 e. The highest BCUT2D eigenvalue weighted by molar-refractivity contribution is 9.10. The minimum absolute atomic E-state index is 0.505. The molecule has 0 saturated carbocycles. The smallest absolute Gasteiger partial charge is 0.310 e. The molecule has 2 aromatic rings. The van der Waals surface area contributed by atoms with E-state index in [0.717, 1.165) is 21.3 Å². The van der Waals surface area contributed by atoms with Gasteiger partial charge < -0.3 is 9.84 Å². The third-order valence-electron chi connectivity index (χ3n) is 3.44. The van der Waals surface area contributed by atoms with Gasteiger partial charge in [-0.1, -0.05) is 46.3 Å². The first-order valence-electron chi connectivity index (χ1n) is 6.72. The monoisotopic (exact) mass is 348 g/mol. The van der Waals surface area contributed by atoms with Crippen LogP contribution in [0.3, 0.4) is 0 Å². The summed E-state index contributed by atoms with van der Waals surface area (Å²) in [5, 5.41) is 9.45. The molecule has 0 bridgehead atoms. The van der Waals surface area contributed by atoms with E-state index in [9.17, 15) is 9.90 Å². The van der Waals surface area contributed by atoms with Crippen LogP contribution in [0.5, 0.6) is 5.75 Å². The zero-order chi connectivity index (χ0) is 15.2. The topological polar surface area (TPSA) is 46.5 Å². The fourth-order valence-corrected chi connectivity index (χ4v) is 2.77. The molecule has 0 amide bonds. The molecule has 3 nitrogen and oxygen atoms in total. The molecule has 21 heavy (non-hydrogen) atoms. The van der Waals surface area contributed by atoms with E-state index in [-0.39, 0.29) is 0 Å². The maximum absolute atomic E-state index is 11.5. The quantitative estimate of drug-likeness (QED) is 0.848. The number of benzene rings is 2. The van der Waals surface area contributed by atoms with Gasteiger partial charge in [-0.25, -0.2) is 0 Å². The Balaban J connectivity index is 2.16. The summed E-state index contributed by atoms with van der Waals surface area (Å²) >= 11 is 3.43. The molecular formula is C17H17BrO3. The second-order valence-electron chi connectivity index (χ2n) is 4.80. The fraction of sp³-hybridized carbons (Fsp3) is 0.235. The predicted octanol–water partition coefficient (Wildman–Crippen LogP) is 4.26. The van der Waals surface area contributed by atoms with Crippen LogP contribution in [0, 0.1) is 0 Å². The van der Waals surface area contributed by atoms with Gasteiger partial charge in [-0.2, -0.15) is 0 Å². The van der Waals surface area contributed by atoms with Crippen LogP contribution in [0.2, 0.25) is 0 Å². The SMILES string of the molecule is COc1ccc(Br)cc1CCC(C(=O)O)c1ccccc1. The van der Waals surface area contributed by atoms with Gasteiger partial charge in [0.15, 0.2) is 0 Å². The van der Waals surface area contributed by atoms with E-state index >= 15 is 0 Å². The van der Waals surface area contributed by atoms with Crippen LogP contribution in [0.15, 0.2) is 53.0 Å². The Bertz CT molecular complexity index is 611. The van der Waals surface area contributed by atoms with E-state index in [1.165, 1.54) is 0 Å². The molecule has 0 fully saturated rings. The molecule has 2 aromatic carbocycles. The lowest BCUT2D eigenvalue weighted by atomic mass is 9.92. The Morgan fingerprint density at radius 1 is 1.24 bits per heavy atom. The number of aryl methyl sites for hydroxylation is 1. The highest BCUT2D eigenvalue weighted by Gasteiger charge is 2.20. The zero-order valence-corrected chi connectivity index (χ0v) is 13.3. The van der Waals surface area contributed by atoms with Crippen LogP contribution in [-0.4, -0.2) is 18.2 Å². The molecular weight excluding hydrogens is 332 g/mol. The molecule has 110 valence electrons. The summed E-state index contributed by atoms with van der Waals surface area (Å²) in [5.74, 6) is -0.513. The highest BCUT2D eigenvalue weighted by Crippen LogP contribution is 2.28. The minimum atomic E-state index is -0.796. The second kappa shape index (κ2) is 7.27. The van der Waals surface area contributed by atoms with Crippen LogP contribution in [0.25, 0.3) is 0 Å². The zero-order valence-electron chi connectivity index (χ0n) is 11.8. The van der Waals surface area contributed by atoms with E-state index < -0.39 is 11.9 Å². The standard InChI is InChI=1S/C17H17BrO3/c1-21-16-10-8-14(18)11-13(16)7-9-15(17(19)20)12-5-3-2-4-6-12/h2-6,8,10-11,15H,7,9H2,1H3,(H,19,20). The number of hydrogen-bond donors (Lipinski definition) is 1. The predicted molar refractivity (Wildman–Crippen MR) is 85.8 cm³/mol. The molecule has 2 rings (SSSR count). The fourth-order valence-electron chi connectivity index (χ4n) is 2.36. The molecule has 0 aliphatic rings. The number of aliphatic carboxylic acids is 1. The van der Waals surface area contributed by atoms with Crippen molar-refractivity contribution in [3.8, 4) is 5.75 Å². The first-order valence-corrected chi connectivity index (χ1v) is 7.51. The van der Waals surface area contributed by atoms with E-state index in [1.807, 2.05) is 48.5 Å². The summed E-state index contributed by atoms with van der Waals surface area (Å²) in [6, 6.07) is 15.1. The number of methoxy groups -OCH3 is 1. The van der Waals surface area contributed by atoms with Crippen molar-refractivity contribution in [1.82, 2.24) is 0 Å². The molecule has 1 N–H and O–H groups in total. The van der Waals surface area contributed by atoms with Crippen LogP contribution in [-0.2, 0) is 11.2 Å². The third kappa shape index (κ3) is 4.08. The molecule has 4 heteroatoms. The lowest BCUT2D eigenvalue weighted by Gasteiger charge is -2.14. The Kier molecular flexibility index (Phi) is 5.39. The van der Waals surface area contributed by atoms with Gasteiger partial charge in [-0.3, -0.25) is 4.79 Å². The van der Waals surface area contributed by atoms with E-state index in [0.29, 0.717) is 12.8 Å². The van der Waals surface area contributed by atoms with Crippen LogP contribution in [0.1, 0.15) is 23.5 Å². The average Bonchev–Trinajstić information content (AvgIpc) is 2.48. The number of halogens is 1. The highest BCUT2D eigenvalue weighted by atomic mass is 79.9. The van der Waals surface area contributed by atoms with Crippen molar-refractivity contribution in [3.63, 3.8) is 0 Å². The Labute approximate surface area is 132 Å². The lowest BCUT2D eigenvalue weighted by molar-refractivity contribution is -0.138. The van der Waals surface area contributed by atoms with Crippen molar-refractivity contribution in [2.45, 2.75) is 18.8 Å². The molecule has 1 unspecified atom stereocenters. The lowest BCUT2D eigenvalue weighted by Crippen LogP contribution is -2.12. The van der Waals surface area contributed by atoms with Gasteiger partial charge in [0, 0.05) is 4.47 Å². The summed E-state index contributed by atoms with van der Waals surface area (Å²) in [6.45, 7) is 0. The summed E-state index contributed by atoms with van der Waals surface area (Å²) in [6.07, 6.45) is 1.18. The average molecular weight is 349 g/mol. The van der Waals surface area contributed by atoms with Crippen LogP contribution < -0.4 is 4.74 Å². The van der Waals surface area contributed by atoms with E-state index in [4.69, 9.17) is 4.74 Å². The Hall–Kier alpha value is -1.81. The van der Waals surface area contributed by atoms with Crippen molar-refractivity contribution < 1.29 is 14.6 Å². The molecule has 0 saturated heterocycles. The molecule has 0 heterocycles. The van der Waals surface area contributed by atoms with Gasteiger partial charge in [0.25, 0.3) is 0 Å². The molecule has 0 aliphatic heterocycles. The van der Waals surface area contributed by atoms with Gasteiger partial charge in [-0.05, 0) is 42.2 Å². The Morgan fingerprint density at radius 2 is 1.95 bits per heavy atom. The van der Waals surface area contributed by atoms with Gasteiger partial charge in [0.2, 0.25) is 0 Å². The number of carboxylic acids is 1. The van der Waals surface area contributed by atoms with Crippen molar-refractivity contribution in [2.24, 2.45) is 0 Å². The third-order valence-corrected chi connectivity index (χ3v) is 3.94. The summed E-state index contributed by atoms with van der Waals surface area (Å²) in [4.78, 5) is 11.5. The maximum Gasteiger partial charge on any atom is 0.310 e. The van der Waals surface area contributed by atoms with Crippen LogP contribution >= 0.6 is 15.9 Å². The van der Waals surface area contributed by atoms with Crippen molar-refractivity contribution in [3.05, 3.63) is 64.1 Å². The molecule has 0 aliphatic carbocycles. The number of hydrogen-bond acceptors (Lipinski definition) is 2. The molecule has 0 radical (unpaired) electrons. The van der Waals surface area contributed by atoms with Gasteiger partial charge >= 0.3 is 5.97 Å². The summed E-state index contributed by atoms with van der Waals surface area (Å²) in [7, 11) is 1.62. The number of carboxylic acid groups (broad SMARTS) is 1. The molecule has 0 spiro atoms. The normalized spacial score (nSPS) is 11.9. The number of ether oxygens (including phenoxy) is 1.